The Morgan fingerprint density at radius 2 is 2.17 bits per heavy atom. The summed E-state index contributed by atoms with van der Waals surface area (Å²) >= 11 is 6.02. The minimum Gasteiger partial charge on any atom is -0.354 e. The Morgan fingerprint density at radius 3 is 3.04 bits per heavy atom. The van der Waals surface area contributed by atoms with Gasteiger partial charge in [0, 0.05) is 23.8 Å². The van der Waals surface area contributed by atoms with E-state index in [2.05, 4.69) is 20.9 Å². The molecule has 3 rings (SSSR count). The predicted molar refractivity (Wildman–Crippen MR) is 89.6 cm³/mol. The number of hydrogen-bond donors (Lipinski definition) is 3. The van der Waals surface area contributed by atoms with E-state index in [1.165, 1.54) is 0 Å². The molecule has 120 valence electrons. The monoisotopic (exact) mass is 332 g/mol. The molecule has 1 atom stereocenters. The second-order valence-electron chi connectivity index (χ2n) is 5.48. The van der Waals surface area contributed by atoms with Crippen LogP contribution < -0.4 is 16.0 Å². The molecule has 0 aliphatic carbocycles. The first-order chi connectivity index (χ1) is 11.1. The molecule has 3 amide bonds. The zero-order valence-corrected chi connectivity index (χ0v) is 13.2. The Kier molecular flexibility index (Phi) is 4.62. The maximum Gasteiger partial charge on any atom is 0.319 e. The number of carbonyl (C=O) groups is 2. The van der Waals surface area contributed by atoms with Crippen LogP contribution in [-0.4, -0.2) is 29.5 Å². The van der Waals surface area contributed by atoms with Gasteiger partial charge in [-0.2, -0.15) is 0 Å². The molecule has 1 aromatic heterocycles. The SMILES string of the molecule is O=C(Nc1ccc2c(Cl)nccc2c1)NC1CCCCNC1=O. The Balaban J connectivity index is 1.69. The number of urea groups is 1. The molecule has 1 saturated heterocycles. The zero-order chi connectivity index (χ0) is 16.2. The Hall–Kier alpha value is -2.34. The number of anilines is 1. The number of nitrogens with one attached hydrogen (secondary N) is 3. The maximum absolute atomic E-state index is 12.1. The molecule has 2 heterocycles. The molecule has 1 aliphatic rings. The summed E-state index contributed by atoms with van der Waals surface area (Å²) in [5.74, 6) is -0.131. The molecule has 1 unspecified atom stereocenters. The van der Waals surface area contributed by atoms with Gasteiger partial charge in [0.15, 0.2) is 0 Å². The number of hydrogen-bond acceptors (Lipinski definition) is 3. The first-order valence-electron chi connectivity index (χ1n) is 7.53. The molecule has 23 heavy (non-hydrogen) atoms. The van der Waals surface area contributed by atoms with Crippen LogP contribution in [0.15, 0.2) is 30.5 Å². The first kappa shape index (κ1) is 15.6. The number of rotatable bonds is 2. The van der Waals surface area contributed by atoms with Crippen LogP contribution in [0.2, 0.25) is 5.15 Å². The standard InChI is InChI=1S/C16H17ClN4O2/c17-14-12-5-4-11(9-10(12)6-8-18-14)20-16(23)21-13-3-1-2-7-19-15(13)22/h4-6,8-9,13H,1-3,7H2,(H,19,22)(H2,20,21,23). The van der Waals surface area contributed by atoms with Gasteiger partial charge in [-0.05, 0) is 48.9 Å². The lowest BCUT2D eigenvalue weighted by Crippen LogP contribution is -2.46. The largest absolute Gasteiger partial charge is 0.354 e. The molecule has 0 radical (unpaired) electrons. The van der Waals surface area contributed by atoms with Crippen molar-refractivity contribution in [2.45, 2.75) is 25.3 Å². The Bertz CT molecular complexity index is 750. The van der Waals surface area contributed by atoms with Crippen molar-refractivity contribution in [1.29, 1.82) is 0 Å². The minimum atomic E-state index is -0.489. The summed E-state index contributed by atoms with van der Waals surface area (Å²) in [5, 5.41) is 10.4. The van der Waals surface area contributed by atoms with Gasteiger partial charge in [-0.15, -0.1) is 0 Å². The third-order valence-corrected chi connectivity index (χ3v) is 4.12. The van der Waals surface area contributed by atoms with Gasteiger partial charge in [0.2, 0.25) is 5.91 Å². The van der Waals surface area contributed by atoms with Crippen molar-refractivity contribution in [2.75, 3.05) is 11.9 Å². The van der Waals surface area contributed by atoms with E-state index < -0.39 is 12.1 Å². The zero-order valence-electron chi connectivity index (χ0n) is 12.4. The average molecular weight is 333 g/mol. The van der Waals surface area contributed by atoms with Crippen LogP contribution in [0.4, 0.5) is 10.5 Å². The van der Waals surface area contributed by atoms with Crippen LogP contribution in [-0.2, 0) is 4.79 Å². The molecule has 3 N–H and O–H groups in total. The third-order valence-electron chi connectivity index (χ3n) is 3.81. The van der Waals surface area contributed by atoms with Crippen molar-refractivity contribution in [3.63, 3.8) is 0 Å². The molecular weight excluding hydrogens is 316 g/mol. The number of benzene rings is 1. The average Bonchev–Trinajstić information content (AvgIpc) is 2.72. The van der Waals surface area contributed by atoms with Gasteiger partial charge in [-0.25, -0.2) is 9.78 Å². The second-order valence-corrected chi connectivity index (χ2v) is 5.83. The second kappa shape index (κ2) is 6.83. The van der Waals surface area contributed by atoms with Crippen molar-refractivity contribution in [1.82, 2.24) is 15.6 Å². The lowest BCUT2D eigenvalue weighted by atomic mass is 10.1. The molecule has 2 aromatic rings. The van der Waals surface area contributed by atoms with E-state index in [-0.39, 0.29) is 5.91 Å². The number of carbonyl (C=O) groups excluding carboxylic acids is 2. The van der Waals surface area contributed by atoms with Gasteiger partial charge < -0.3 is 16.0 Å². The molecule has 0 bridgehead atoms. The molecule has 1 aliphatic heterocycles. The van der Waals surface area contributed by atoms with E-state index in [9.17, 15) is 9.59 Å². The molecule has 6 nitrogen and oxygen atoms in total. The fourth-order valence-electron chi connectivity index (χ4n) is 2.62. The highest BCUT2D eigenvalue weighted by atomic mass is 35.5. The van der Waals surface area contributed by atoms with E-state index in [4.69, 9.17) is 11.6 Å². The quantitative estimate of drug-likeness (QED) is 0.739. The smallest absolute Gasteiger partial charge is 0.319 e. The summed E-state index contributed by atoms with van der Waals surface area (Å²) in [4.78, 5) is 28.0. The molecule has 0 spiro atoms. The van der Waals surface area contributed by atoms with Crippen LogP contribution in [0.25, 0.3) is 10.8 Å². The summed E-state index contributed by atoms with van der Waals surface area (Å²) < 4.78 is 0. The highest BCUT2D eigenvalue weighted by Gasteiger charge is 2.22. The third kappa shape index (κ3) is 3.71. The lowest BCUT2D eigenvalue weighted by Gasteiger charge is -2.16. The topological polar surface area (TPSA) is 83.1 Å². The molecule has 7 heteroatoms. The highest BCUT2D eigenvalue weighted by molar-refractivity contribution is 6.34. The van der Waals surface area contributed by atoms with E-state index in [1.807, 2.05) is 12.1 Å². The van der Waals surface area contributed by atoms with Gasteiger partial charge in [-0.1, -0.05) is 11.6 Å². The van der Waals surface area contributed by atoms with Crippen LogP contribution in [0.3, 0.4) is 0 Å². The Labute approximate surface area is 138 Å². The van der Waals surface area contributed by atoms with Crippen molar-refractivity contribution in [3.05, 3.63) is 35.6 Å². The van der Waals surface area contributed by atoms with Gasteiger partial charge in [-0.3, -0.25) is 4.79 Å². The molecule has 0 saturated carbocycles. The summed E-state index contributed by atoms with van der Waals surface area (Å²) in [7, 11) is 0. The van der Waals surface area contributed by atoms with E-state index in [0.717, 1.165) is 23.6 Å². The number of amides is 3. The van der Waals surface area contributed by atoms with E-state index in [1.54, 1.807) is 18.3 Å². The van der Waals surface area contributed by atoms with Crippen molar-refractivity contribution < 1.29 is 9.59 Å². The maximum atomic E-state index is 12.1. The highest BCUT2D eigenvalue weighted by Crippen LogP contribution is 2.24. The number of halogens is 1. The lowest BCUT2D eigenvalue weighted by molar-refractivity contribution is -0.122. The summed E-state index contributed by atoms with van der Waals surface area (Å²) in [6, 6.07) is 6.31. The van der Waals surface area contributed by atoms with Crippen molar-refractivity contribution >= 4 is 40.0 Å². The van der Waals surface area contributed by atoms with E-state index >= 15 is 0 Å². The summed E-state index contributed by atoms with van der Waals surface area (Å²) in [6.07, 6.45) is 4.11. The number of pyridine rings is 1. The summed E-state index contributed by atoms with van der Waals surface area (Å²) in [5.41, 5.74) is 0.631. The number of aromatic nitrogens is 1. The van der Waals surface area contributed by atoms with E-state index in [0.29, 0.717) is 23.8 Å². The minimum absolute atomic E-state index is 0.131. The van der Waals surface area contributed by atoms with Crippen LogP contribution >= 0.6 is 11.6 Å². The molecule has 1 fully saturated rings. The van der Waals surface area contributed by atoms with Gasteiger partial charge in [0.05, 0.1) is 0 Å². The normalized spacial score (nSPS) is 18.1. The fraction of sp³-hybridized carbons (Fsp3) is 0.312. The van der Waals surface area contributed by atoms with Crippen LogP contribution in [0.5, 0.6) is 0 Å². The predicted octanol–water partition coefficient (Wildman–Crippen LogP) is 2.68. The summed E-state index contributed by atoms with van der Waals surface area (Å²) in [6.45, 7) is 0.665. The number of fused-ring (bicyclic) bond motifs is 1. The van der Waals surface area contributed by atoms with Gasteiger partial charge in [0.25, 0.3) is 0 Å². The van der Waals surface area contributed by atoms with Crippen LogP contribution in [0.1, 0.15) is 19.3 Å². The van der Waals surface area contributed by atoms with Gasteiger partial charge >= 0.3 is 6.03 Å². The number of nitrogens with zero attached hydrogens (tertiary/aromatic N) is 1. The van der Waals surface area contributed by atoms with Crippen molar-refractivity contribution in [3.8, 4) is 0 Å². The fourth-order valence-corrected chi connectivity index (χ4v) is 2.85. The van der Waals surface area contributed by atoms with Crippen molar-refractivity contribution in [2.24, 2.45) is 0 Å². The van der Waals surface area contributed by atoms with Gasteiger partial charge in [0.1, 0.15) is 11.2 Å². The Morgan fingerprint density at radius 1 is 1.30 bits per heavy atom. The first-order valence-corrected chi connectivity index (χ1v) is 7.91. The molecular formula is C16H17ClN4O2. The van der Waals surface area contributed by atoms with Crippen LogP contribution in [0, 0.1) is 0 Å². The molecule has 1 aromatic carbocycles.